The van der Waals surface area contributed by atoms with E-state index in [0.717, 1.165) is 50.7 Å². The normalized spacial score (nSPS) is 15.2. The zero-order valence-electron chi connectivity index (χ0n) is 17.3. The van der Waals surface area contributed by atoms with E-state index >= 15 is 0 Å². The van der Waals surface area contributed by atoms with Crippen molar-refractivity contribution in [1.29, 1.82) is 0 Å². The van der Waals surface area contributed by atoms with Gasteiger partial charge in [-0.3, -0.25) is 19.2 Å². The number of fused-ring (bicyclic) bond motifs is 1. The highest BCUT2D eigenvalue weighted by Crippen LogP contribution is 2.18. The van der Waals surface area contributed by atoms with E-state index in [-0.39, 0.29) is 5.56 Å². The van der Waals surface area contributed by atoms with Crippen molar-refractivity contribution in [2.24, 2.45) is 7.05 Å². The van der Waals surface area contributed by atoms with Crippen LogP contribution in [0.2, 0.25) is 5.02 Å². The average Bonchev–Trinajstić information content (AvgIpc) is 3.05. The highest BCUT2D eigenvalue weighted by Gasteiger charge is 2.22. The highest BCUT2D eigenvalue weighted by atomic mass is 35.5. The Hall–Kier alpha value is -2.65. The molecule has 9 nitrogen and oxygen atoms in total. The van der Waals surface area contributed by atoms with Crippen molar-refractivity contribution in [1.82, 2.24) is 29.0 Å². The van der Waals surface area contributed by atoms with Crippen LogP contribution >= 0.6 is 11.6 Å². The summed E-state index contributed by atoms with van der Waals surface area (Å²) in [6.07, 6.45) is 3.48. The summed E-state index contributed by atoms with van der Waals surface area (Å²) in [5.74, 6) is 1.71. The second kappa shape index (κ2) is 8.61. The lowest BCUT2D eigenvalue weighted by molar-refractivity contribution is 0.241. The molecular weight excluding hydrogens is 406 g/mol. The number of halogens is 1. The van der Waals surface area contributed by atoms with E-state index in [1.807, 2.05) is 23.7 Å². The number of aromatic nitrogens is 5. The summed E-state index contributed by atoms with van der Waals surface area (Å²) in [7, 11) is 1.84. The van der Waals surface area contributed by atoms with Crippen LogP contribution in [0.4, 0.5) is 5.82 Å². The van der Waals surface area contributed by atoms with Gasteiger partial charge in [0.25, 0.3) is 5.56 Å². The van der Waals surface area contributed by atoms with E-state index in [4.69, 9.17) is 16.6 Å². The number of hydrogen-bond acceptors (Lipinski definition) is 6. The van der Waals surface area contributed by atoms with E-state index in [9.17, 15) is 9.59 Å². The first-order valence-corrected chi connectivity index (χ1v) is 10.6. The Morgan fingerprint density at radius 2 is 1.93 bits per heavy atom. The van der Waals surface area contributed by atoms with Gasteiger partial charge in [-0.25, -0.2) is 14.8 Å². The summed E-state index contributed by atoms with van der Waals surface area (Å²) in [6, 6.07) is 3.79. The lowest BCUT2D eigenvalue weighted by Gasteiger charge is -2.35. The number of nitrogens with zero attached hydrogens (tertiary/aromatic N) is 6. The number of unbranched alkanes of at least 4 members (excludes halogenated alkanes) is 1. The van der Waals surface area contributed by atoms with Crippen molar-refractivity contribution >= 4 is 28.6 Å². The molecule has 0 amide bonds. The number of piperazine rings is 1. The molecule has 0 radical (unpaired) electrons. The van der Waals surface area contributed by atoms with Crippen LogP contribution in [0.25, 0.3) is 11.2 Å². The second-order valence-electron chi connectivity index (χ2n) is 7.62. The molecule has 160 valence electrons. The first kappa shape index (κ1) is 20.6. The van der Waals surface area contributed by atoms with Crippen LogP contribution in [0.5, 0.6) is 0 Å². The highest BCUT2D eigenvalue weighted by molar-refractivity contribution is 6.30. The third-order valence-electron chi connectivity index (χ3n) is 5.61. The third-order valence-corrected chi connectivity index (χ3v) is 5.84. The van der Waals surface area contributed by atoms with Crippen molar-refractivity contribution in [3.05, 3.63) is 50.0 Å². The molecule has 10 heteroatoms. The van der Waals surface area contributed by atoms with Crippen LogP contribution in [0.3, 0.4) is 0 Å². The zero-order valence-corrected chi connectivity index (χ0v) is 18.0. The number of hydrogen-bond donors (Lipinski definition) is 1. The average molecular weight is 432 g/mol. The molecule has 0 bridgehead atoms. The Morgan fingerprint density at radius 3 is 2.60 bits per heavy atom. The predicted molar refractivity (Wildman–Crippen MR) is 117 cm³/mol. The van der Waals surface area contributed by atoms with Gasteiger partial charge in [-0.2, -0.15) is 0 Å². The molecule has 0 spiro atoms. The molecule has 0 unspecified atom stereocenters. The van der Waals surface area contributed by atoms with E-state index in [0.29, 0.717) is 29.3 Å². The molecule has 0 saturated carbocycles. The summed E-state index contributed by atoms with van der Waals surface area (Å²) >= 11 is 5.93. The summed E-state index contributed by atoms with van der Waals surface area (Å²) in [6.45, 7) is 6.64. The van der Waals surface area contributed by atoms with Crippen molar-refractivity contribution in [3.63, 3.8) is 0 Å². The maximum absolute atomic E-state index is 12.4. The van der Waals surface area contributed by atoms with Gasteiger partial charge in [0.05, 0.1) is 11.6 Å². The molecule has 1 N–H and O–H groups in total. The summed E-state index contributed by atoms with van der Waals surface area (Å²) in [5, 5.41) is 0.631. The fourth-order valence-corrected chi connectivity index (χ4v) is 3.96. The number of aryl methyl sites for hydroxylation is 2. The van der Waals surface area contributed by atoms with Crippen molar-refractivity contribution in [2.45, 2.75) is 32.9 Å². The van der Waals surface area contributed by atoms with Gasteiger partial charge in [0, 0.05) is 46.0 Å². The Morgan fingerprint density at radius 1 is 1.17 bits per heavy atom. The van der Waals surface area contributed by atoms with E-state index in [1.54, 1.807) is 10.8 Å². The number of rotatable bonds is 6. The van der Waals surface area contributed by atoms with Gasteiger partial charge < -0.3 is 9.47 Å². The van der Waals surface area contributed by atoms with E-state index in [2.05, 4.69) is 26.7 Å². The van der Waals surface area contributed by atoms with Crippen molar-refractivity contribution in [3.8, 4) is 0 Å². The van der Waals surface area contributed by atoms with Crippen LogP contribution < -0.4 is 16.1 Å². The Kier molecular flexibility index (Phi) is 5.92. The lowest BCUT2D eigenvalue weighted by atomic mass is 10.3. The van der Waals surface area contributed by atoms with Gasteiger partial charge in [0.15, 0.2) is 11.2 Å². The minimum atomic E-state index is -0.394. The fourth-order valence-electron chi connectivity index (χ4n) is 3.85. The summed E-state index contributed by atoms with van der Waals surface area (Å²) in [5.41, 5.74) is 0.140. The number of anilines is 1. The SMILES string of the molecule is CCCCn1c(=O)[nH]c(=O)c2c1nc(CN1CCN(c3ccc(Cl)cn3)CC1)n2C. The number of pyridine rings is 1. The van der Waals surface area contributed by atoms with Gasteiger partial charge in [0.1, 0.15) is 11.6 Å². The third kappa shape index (κ3) is 3.99. The molecule has 4 rings (SSSR count). The Balaban J connectivity index is 1.52. The van der Waals surface area contributed by atoms with Gasteiger partial charge in [-0.1, -0.05) is 24.9 Å². The number of aromatic amines is 1. The van der Waals surface area contributed by atoms with Crippen LogP contribution in [0, 0.1) is 0 Å². The number of imidazole rings is 1. The molecule has 1 aliphatic rings. The predicted octanol–water partition coefficient (Wildman–Crippen LogP) is 1.59. The number of nitrogens with one attached hydrogen (secondary N) is 1. The van der Waals surface area contributed by atoms with Gasteiger partial charge >= 0.3 is 5.69 Å². The van der Waals surface area contributed by atoms with Gasteiger partial charge in [-0.15, -0.1) is 0 Å². The van der Waals surface area contributed by atoms with Crippen LogP contribution in [-0.2, 0) is 20.1 Å². The molecular formula is C20H26ClN7O2. The molecule has 3 aromatic heterocycles. The summed E-state index contributed by atoms with van der Waals surface area (Å²) < 4.78 is 3.39. The number of H-pyrrole nitrogens is 1. The molecule has 1 saturated heterocycles. The van der Waals surface area contributed by atoms with Crippen molar-refractivity contribution < 1.29 is 0 Å². The molecule has 4 heterocycles. The van der Waals surface area contributed by atoms with E-state index < -0.39 is 5.69 Å². The van der Waals surface area contributed by atoms with E-state index in [1.165, 1.54) is 0 Å². The lowest BCUT2D eigenvalue weighted by Crippen LogP contribution is -2.46. The molecule has 1 fully saturated rings. The minimum absolute atomic E-state index is 0.386. The Bertz CT molecular complexity index is 1140. The maximum atomic E-state index is 12.4. The molecule has 30 heavy (non-hydrogen) atoms. The molecule has 1 aliphatic heterocycles. The van der Waals surface area contributed by atoms with Gasteiger partial charge in [0.2, 0.25) is 0 Å². The molecule has 0 aromatic carbocycles. The largest absolute Gasteiger partial charge is 0.354 e. The van der Waals surface area contributed by atoms with Crippen molar-refractivity contribution in [2.75, 3.05) is 31.1 Å². The van der Waals surface area contributed by atoms with Crippen LogP contribution in [0.15, 0.2) is 27.9 Å². The first-order valence-electron chi connectivity index (χ1n) is 10.2. The first-order chi connectivity index (χ1) is 14.5. The van der Waals surface area contributed by atoms with Crippen LogP contribution in [0.1, 0.15) is 25.6 Å². The zero-order chi connectivity index (χ0) is 21.3. The standard InChI is InChI=1S/C20H26ClN7O2/c1-3-4-7-28-18-17(19(29)24-20(28)30)25(2)16(23-18)13-26-8-10-27(11-9-26)15-6-5-14(21)12-22-15/h5-6,12H,3-4,7-11,13H2,1-2H3,(H,24,29,30). The smallest absolute Gasteiger partial charge is 0.330 e. The van der Waals surface area contributed by atoms with Gasteiger partial charge in [-0.05, 0) is 18.6 Å². The Labute approximate surface area is 178 Å². The quantitative estimate of drug-likeness (QED) is 0.637. The fraction of sp³-hybridized carbons (Fsp3) is 0.500. The summed E-state index contributed by atoms with van der Waals surface area (Å²) in [4.78, 5) is 40.7. The minimum Gasteiger partial charge on any atom is -0.354 e. The van der Waals surface area contributed by atoms with Crippen LogP contribution in [-0.4, -0.2) is 55.2 Å². The molecule has 0 atom stereocenters. The molecule has 3 aromatic rings. The monoisotopic (exact) mass is 431 g/mol. The second-order valence-corrected chi connectivity index (χ2v) is 8.06. The molecule has 0 aliphatic carbocycles. The topological polar surface area (TPSA) is 92.0 Å². The maximum Gasteiger partial charge on any atom is 0.330 e.